The number of aliphatic imine (C=N–C) groups is 1. The summed E-state index contributed by atoms with van der Waals surface area (Å²) >= 11 is 2.05. The van der Waals surface area contributed by atoms with Gasteiger partial charge in [-0.3, -0.25) is 4.99 Å². The molecule has 5 heteroatoms. The summed E-state index contributed by atoms with van der Waals surface area (Å²) in [6, 6.07) is 0.454. The van der Waals surface area contributed by atoms with Crippen molar-refractivity contribution in [2.75, 3.05) is 32.6 Å². The molecule has 2 N–H and O–H groups in total. The second-order valence-corrected chi connectivity index (χ2v) is 6.84. The first-order valence-electron chi connectivity index (χ1n) is 7.34. The van der Waals surface area contributed by atoms with Gasteiger partial charge in [-0.25, -0.2) is 0 Å². The first-order valence-corrected chi connectivity index (χ1v) is 8.33. The second-order valence-electron chi connectivity index (χ2n) is 5.11. The van der Waals surface area contributed by atoms with E-state index in [2.05, 4.69) is 48.2 Å². The molecular formula is C14H29N3OS. The van der Waals surface area contributed by atoms with Gasteiger partial charge in [0.1, 0.15) is 0 Å². The van der Waals surface area contributed by atoms with Gasteiger partial charge in [0.05, 0.1) is 0 Å². The molecule has 0 aromatic rings. The molecule has 0 amide bonds. The van der Waals surface area contributed by atoms with Crippen molar-refractivity contribution in [3.8, 4) is 0 Å². The van der Waals surface area contributed by atoms with Crippen molar-refractivity contribution in [3.05, 3.63) is 0 Å². The van der Waals surface area contributed by atoms with Crippen molar-refractivity contribution in [2.45, 2.75) is 50.8 Å². The van der Waals surface area contributed by atoms with Crippen molar-refractivity contribution < 1.29 is 4.74 Å². The Morgan fingerprint density at radius 3 is 2.58 bits per heavy atom. The van der Waals surface area contributed by atoms with Crippen molar-refractivity contribution >= 4 is 17.7 Å². The molecule has 1 unspecified atom stereocenters. The summed E-state index contributed by atoms with van der Waals surface area (Å²) in [6.07, 6.45) is 3.35. The zero-order valence-electron chi connectivity index (χ0n) is 12.8. The molecule has 0 bridgehead atoms. The molecule has 1 fully saturated rings. The number of hydrogen-bond acceptors (Lipinski definition) is 3. The lowest BCUT2D eigenvalue weighted by molar-refractivity contribution is 0.0782. The monoisotopic (exact) mass is 287 g/mol. The van der Waals surface area contributed by atoms with Gasteiger partial charge in [-0.15, -0.1) is 0 Å². The molecule has 1 saturated heterocycles. The van der Waals surface area contributed by atoms with Gasteiger partial charge < -0.3 is 15.4 Å². The van der Waals surface area contributed by atoms with Crippen LogP contribution < -0.4 is 10.6 Å². The third kappa shape index (κ3) is 5.61. The fourth-order valence-corrected chi connectivity index (χ4v) is 3.44. The highest BCUT2D eigenvalue weighted by atomic mass is 32.2. The summed E-state index contributed by atoms with van der Waals surface area (Å²) < 4.78 is 5.80. The molecule has 0 aromatic heterocycles. The normalized spacial score (nSPS) is 20.9. The molecule has 0 saturated carbocycles. The van der Waals surface area contributed by atoms with E-state index in [0.29, 0.717) is 10.8 Å². The van der Waals surface area contributed by atoms with Gasteiger partial charge in [0, 0.05) is 37.6 Å². The molecule has 4 nitrogen and oxygen atoms in total. The van der Waals surface area contributed by atoms with Gasteiger partial charge in [-0.2, -0.15) is 11.8 Å². The predicted molar refractivity (Wildman–Crippen MR) is 85.2 cm³/mol. The van der Waals surface area contributed by atoms with E-state index in [9.17, 15) is 0 Å². The smallest absolute Gasteiger partial charge is 0.191 e. The number of nitrogens with one attached hydrogen (secondary N) is 2. The highest BCUT2D eigenvalue weighted by Gasteiger charge is 2.32. The minimum Gasteiger partial charge on any atom is -0.381 e. The van der Waals surface area contributed by atoms with Crippen LogP contribution in [0, 0.1) is 0 Å². The summed E-state index contributed by atoms with van der Waals surface area (Å²) in [5.41, 5.74) is 0. The molecule has 19 heavy (non-hydrogen) atoms. The van der Waals surface area contributed by atoms with E-state index in [-0.39, 0.29) is 0 Å². The molecule has 1 rings (SSSR count). The van der Waals surface area contributed by atoms with Gasteiger partial charge in [-0.05, 0) is 31.9 Å². The van der Waals surface area contributed by atoms with E-state index >= 15 is 0 Å². The maximum Gasteiger partial charge on any atom is 0.191 e. The number of rotatable bonds is 6. The largest absolute Gasteiger partial charge is 0.381 e. The zero-order chi connectivity index (χ0) is 14.1. The van der Waals surface area contributed by atoms with Crippen LogP contribution in [-0.2, 0) is 4.74 Å². The highest BCUT2D eigenvalue weighted by molar-refractivity contribution is 8.00. The third-order valence-corrected chi connectivity index (χ3v) is 5.11. The van der Waals surface area contributed by atoms with E-state index in [4.69, 9.17) is 4.74 Å². The minimum atomic E-state index is 0.306. The van der Waals surface area contributed by atoms with Crippen molar-refractivity contribution in [3.63, 3.8) is 0 Å². The highest BCUT2D eigenvalue weighted by Crippen LogP contribution is 2.34. The average molecular weight is 287 g/mol. The van der Waals surface area contributed by atoms with Crippen LogP contribution in [-0.4, -0.2) is 49.3 Å². The fourth-order valence-electron chi connectivity index (χ4n) is 2.20. The molecule has 1 aliphatic heterocycles. The molecule has 0 spiro atoms. The maximum atomic E-state index is 5.50. The van der Waals surface area contributed by atoms with Crippen LogP contribution in [0.1, 0.15) is 40.0 Å². The van der Waals surface area contributed by atoms with Gasteiger partial charge in [0.25, 0.3) is 0 Å². The number of ether oxygens (including phenoxy) is 1. The van der Waals surface area contributed by atoms with Crippen LogP contribution in [0.3, 0.4) is 0 Å². The Kier molecular flexibility index (Phi) is 7.61. The standard InChI is InChI=1S/C14H29N3OS/c1-5-12(3)17-13(15-4)16-11-14(19-6-2)7-9-18-10-8-14/h12H,5-11H2,1-4H3,(H2,15,16,17). The van der Waals surface area contributed by atoms with Gasteiger partial charge in [0.2, 0.25) is 0 Å². The van der Waals surface area contributed by atoms with Crippen LogP contribution >= 0.6 is 11.8 Å². The van der Waals surface area contributed by atoms with E-state index in [1.807, 2.05) is 7.05 Å². The van der Waals surface area contributed by atoms with Crippen LogP contribution in [0.25, 0.3) is 0 Å². The summed E-state index contributed by atoms with van der Waals surface area (Å²) in [4.78, 5) is 4.31. The van der Waals surface area contributed by atoms with Crippen LogP contribution in [0.2, 0.25) is 0 Å². The van der Waals surface area contributed by atoms with Gasteiger partial charge in [0.15, 0.2) is 5.96 Å². The van der Waals surface area contributed by atoms with E-state index in [1.165, 1.54) is 0 Å². The van der Waals surface area contributed by atoms with Crippen LogP contribution in [0.15, 0.2) is 4.99 Å². The summed E-state index contributed by atoms with van der Waals surface area (Å²) in [5.74, 6) is 2.07. The molecule has 0 aromatic carbocycles. The lowest BCUT2D eigenvalue weighted by Crippen LogP contribution is -2.49. The molecule has 0 aliphatic carbocycles. The Labute approximate surface area is 122 Å². The Bertz CT molecular complexity index is 272. The SMILES string of the molecule is CCSC1(CNC(=NC)NC(C)CC)CCOCC1. The quantitative estimate of drug-likeness (QED) is 0.581. The van der Waals surface area contributed by atoms with E-state index in [0.717, 1.165) is 50.7 Å². The van der Waals surface area contributed by atoms with E-state index in [1.54, 1.807) is 0 Å². The molecular weight excluding hydrogens is 258 g/mol. The molecule has 112 valence electrons. The van der Waals surface area contributed by atoms with Gasteiger partial charge >= 0.3 is 0 Å². The third-order valence-electron chi connectivity index (χ3n) is 3.65. The summed E-state index contributed by atoms with van der Waals surface area (Å²) in [5, 5.41) is 6.91. The minimum absolute atomic E-state index is 0.306. The maximum absolute atomic E-state index is 5.50. The predicted octanol–water partition coefficient (Wildman–Crippen LogP) is 2.25. The topological polar surface area (TPSA) is 45.7 Å². The zero-order valence-corrected chi connectivity index (χ0v) is 13.6. The average Bonchev–Trinajstić information content (AvgIpc) is 2.44. The number of hydrogen-bond donors (Lipinski definition) is 2. The van der Waals surface area contributed by atoms with Gasteiger partial charge in [-0.1, -0.05) is 13.8 Å². The van der Waals surface area contributed by atoms with Crippen molar-refractivity contribution in [1.82, 2.24) is 10.6 Å². The van der Waals surface area contributed by atoms with Crippen LogP contribution in [0.5, 0.6) is 0 Å². The lowest BCUT2D eigenvalue weighted by Gasteiger charge is -2.37. The van der Waals surface area contributed by atoms with E-state index < -0.39 is 0 Å². The Balaban J connectivity index is 2.50. The molecule has 1 atom stereocenters. The Morgan fingerprint density at radius 2 is 2.05 bits per heavy atom. The summed E-state index contributed by atoms with van der Waals surface area (Å²) in [6.45, 7) is 9.31. The molecule has 0 radical (unpaired) electrons. The number of nitrogens with zero attached hydrogens (tertiary/aromatic N) is 1. The first kappa shape index (κ1) is 16.6. The number of thioether (sulfide) groups is 1. The van der Waals surface area contributed by atoms with Crippen LogP contribution in [0.4, 0.5) is 0 Å². The Hall–Kier alpha value is -0.420. The number of guanidine groups is 1. The Morgan fingerprint density at radius 1 is 1.37 bits per heavy atom. The first-order chi connectivity index (χ1) is 9.15. The lowest BCUT2D eigenvalue weighted by atomic mass is 9.99. The van der Waals surface area contributed by atoms with Crippen molar-refractivity contribution in [2.24, 2.45) is 4.99 Å². The van der Waals surface area contributed by atoms with Crippen molar-refractivity contribution in [1.29, 1.82) is 0 Å². The molecule has 1 aliphatic rings. The summed E-state index contributed by atoms with van der Waals surface area (Å²) in [7, 11) is 1.83. The second kappa shape index (κ2) is 8.69. The molecule has 1 heterocycles. The fraction of sp³-hybridized carbons (Fsp3) is 0.929.